The molecule has 1 rings (SSSR count). The molecule has 1 aliphatic heterocycles. The molecular weight excluding hydrogens is 133 g/mol. The van der Waals surface area contributed by atoms with Crippen molar-refractivity contribution in [3.8, 4) is 0 Å². The van der Waals surface area contributed by atoms with Crippen LogP contribution in [0.4, 0.5) is 0 Å². The lowest BCUT2D eigenvalue weighted by Gasteiger charge is -2.07. The van der Waals surface area contributed by atoms with E-state index >= 15 is 0 Å². The molecule has 58 valence electrons. The Bertz CT molecular complexity index is 94.9. The molecule has 0 aromatic rings. The van der Waals surface area contributed by atoms with Crippen molar-refractivity contribution in [1.29, 1.82) is 0 Å². The number of rotatable bonds is 3. The first-order chi connectivity index (χ1) is 4.79. The van der Waals surface area contributed by atoms with Crippen LogP contribution in [0.15, 0.2) is 0 Å². The molecule has 10 heavy (non-hydrogen) atoms. The van der Waals surface area contributed by atoms with E-state index < -0.39 is 7.32 Å². The van der Waals surface area contributed by atoms with Gasteiger partial charge in [-0.05, 0) is 6.92 Å². The Morgan fingerprint density at radius 1 is 1.60 bits per heavy atom. The van der Waals surface area contributed by atoms with Crippen molar-refractivity contribution in [1.82, 2.24) is 0 Å². The van der Waals surface area contributed by atoms with Gasteiger partial charge < -0.3 is 19.7 Å². The first kappa shape index (κ1) is 8.01. The lowest BCUT2D eigenvalue weighted by Crippen LogP contribution is -2.29. The molecule has 1 aliphatic rings. The van der Waals surface area contributed by atoms with Crippen LogP contribution in [0.3, 0.4) is 0 Å². The van der Waals surface area contributed by atoms with E-state index in [4.69, 9.17) is 19.7 Å². The monoisotopic (exact) mass is 145 g/mol. The lowest BCUT2D eigenvalue weighted by atomic mass is 10.2. The molecule has 5 heteroatoms. The van der Waals surface area contributed by atoms with E-state index in [9.17, 15) is 0 Å². The summed E-state index contributed by atoms with van der Waals surface area (Å²) in [5.74, 6) is 0. The molecule has 0 saturated carbocycles. The van der Waals surface area contributed by atoms with Gasteiger partial charge in [0.25, 0.3) is 0 Å². The third-order valence-electron chi connectivity index (χ3n) is 1.09. The highest BCUT2D eigenvalue weighted by Crippen LogP contribution is 2.00. The van der Waals surface area contributed by atoms with Gasteiger partial charge in [-0.3, -0.25) is 0 Å². The van der Waals surface area contributed by atoms with Crippen LogP contribution in [0.1, 0.15) is 6.92 Å². The third-order valence-corrected chi connectivity index (χ3v) is 1.09. The summed E-state index contributed by atoms with van der Waals surface area (Å²) >= 11 is 0. The molecule has 0 aromatic heterocycles. The summed E-state index contributed by atoms with van der Waals surface area (Å²) in [6.45, 7) is 3.58. The highest BCUT2D eigenvalue weighted by atomic mass is 16.8. The van der Waals surface area contributed by atoms with Crippen LogP contribution in [0, 0.1) is 0 Å². The van der Waals surface area contributed by atoms with Crippen LogP contribution >= 0.6 is 0 Å². The van der Waals surface area contributed by atoms with Gasteiger partial charge in [-0.2, -0.15) is 0 Å². The fourth-order valence-corrected chi connectivity index (χ4v) is 0.663. The zero-order chi connectivity index (χ0) is 7.40. The zero-order valence-corrected chi connectivity index (χ0v) is 6.08. The van der Waals surface area contributed by atoms with E-state index in [-0.39, 0.29) is 6.04 Å². The van der Waals surface area contributed by atoms with Crippen molar-refractivity contribution in [3.05, 3.63) is 0 Å². The van der Waals surface area contributed by atoms with Crippen LogP contribution < -0.4 is 5.73 Å². The quantitative estimate of drug-likeness (QED) is 0.537. The van der Waals surface area contributed by atoms with Crippen LogP contribution in [-0.4, -0.2) is 33.2 Å². The molecule has 2 N–H and O–H groups in total. The Hall–Kier alpha value is -0.0951. The van der Waals surface area contributed by atoms with Crippen LogP contribution in [-0.2, 0) is 14.0 Å². The number of nitrogens with two attached hydrogens (primary N) is 1. The Morgan fingerprint density at radius 2 is 2.20 bits per heavy atom. The van der Waals surface area contributed by atoms with E-state index in [0.717, 1.165) is 0 Å². The zero-order valence-electron chi connectivity index (χ0n) is 6.08. The average molecular weight is 145 g/mol. The summed E-state index contributed by atoms with van der Waals surface area (Å²) < 4.78 is 15.1. The smallest absolute Gasteiger partial charge is 0.384 e. The fraction of sp³-hybridized carbons (Fsp3) is 1.00. The molecule has 1 heterocycles. The minimum absolute atomic E-state index is 0.0350. The molecular formula is C5H12BNO3. The maximum atomic E-state index is 5.43. The first-order valence-electron chi connectivity index (χ1n) is 3.39. The lowest BCUT2D eigenvalue weighted by molar-refractivity contribution is 0.171. The Balaban J connectivity index is 2.01. The van der Waals surface area contributed by atoms with E-state index in [0.29, 0.717) is 19.8 Å². The molecule has 1 atom stereocenters. The summed E-state index contributed by atoms with van der Waals surface area (Å²) in [4.78, 5) is 0. The predicted octanol–water partition coefficient (Wildman–Crippen LogP) is -0.618. The molecule has 0 unspecified atom stereocenters. The molecule has 1 fully saturated rings. The molecule has 0 spiro atoms. The minimum Gasteiger partial charge on any atom is -0.384 e. The van der Waals surface area contributed by atoms with Gasteiger partial charge in [0.2, 0.25) is 0 Å². The molecule has 0 radical (unpaired) electrons. The summed E-state index contributed by atoms with van der Waals surface area (Å²) in [6, 6.07) is 0.0350. The van der Waals surface area contributed by atoms with Crippen LogP contribution in [0.2, 0.25) is 0 Å². The standard InChI is InChI=1S/C5H12BNO3/c1-5(7)4-10-6-8-2-3-9-6/h5H,2-4,7H2,1H3/t5-/m1/s1. The third kappa shape index (κ3) is 2.66. The Morgan fingerprint density at radius 3 is 2.70 bits per heavy atom. The summed E-state index contributed by atoms with van der Waals surface area (Å²) in [5, 5.41) is 0. The first-order valence-corrected chi connectivity index (χ1v) is 3.39. The number of hydrogen-bond acceptors (Lipinski definition) is 4. The van der Waals surface area contributed by atoms with Crippen molar-refractivity contribution in [2.45, 2.75) is 13.0 Å². The average Bonchev–Trinajstić information content (AvgIpc) is 2.34. The van der Waals surface area contributed by atoms with Crippen LogP contribution in [0.25, 0.3) is 0 Å². The fourth-order valence-electron chi connectivity index (χ4n) is 0.663. The summed E-state index contributed by atoms with van der Waals surface area (Å²) in [5.41, 5.74) is 5.43. The Kier molecular flexibility index (Phi) is 3.14. The van der Waals surface area contributed by atoms with Gasteiger partial charge in [0.15, 0.2) is 0 Å². The second kappa shape index (κ2) is 3.93. The maximum absolute atomic E-state index is 5.43. The van der Waals surface area contributed by atoms with E-state index in [2.05, 4.69) is 0 Å². The van der Waals surface area contributed by atoms with Crippen molar-refractivity contribution in [3.63, 3.8) is 0 Å². The van der Waals surface area contributed by atoms with Crippen molar-refractivity contribution in [2.24, 2.45) is 5.73 Å². The van der Waals surface area contributed by atoms with Gasteiger partial charge in [0.1, 0.15) is 0 Å². The maximum Gasteiger partial charge on any atom is 0.639 e. The van der Waals surface area contributed by atoms with Crippen molar-refractivity contribution >= 4 is 7.32 Å². The van der Waals surface area contributed by atoms with E-state index in [1.165, 1.54) is 0 Å². The Labute approximate surface area is 60.8 Å². The van der Waals surface area contributed by atoms with E-state index in [1.807, 2.05) is 6.92 Å². The van der Waals surface area contributed by atoms with Gasteiger partial charge >= 0.3 is 7.32 Å². The molecule has 4 nitrogen and oxygen atoms in total. The normalized spacial score (nSPS) is 21.6. The highest BCUT2D eigenvalue weighted by molar-refractivity contribution is 6.36. The second-order valence-electron chi connectivity index (χ2n) is 2.34. The topological polar surface area (TPSA) is 53.7 Å². The molecule has 0 bridgehead atoms. The molecule has 0 aliphatic carbocycles. The number of hydrogen-bond donors (Lipinski definition) is 1. The molecule has 0 amide bonds. The highest BCUT2D eigenvalue weighted by Gasteiger charge is 2.26. The second-order valence-corrected chi connectivity index (χ2v) is 2.34. The minimum atomic E-state index is -0.481. The van der Waals surface area contributed by atoms with Crippen LogP contribution in [0.5, 0.6) is 0 Å². The largest absolute Gasteiger partial charge is 0.639 e. The summed E-state index contributed by atoms with van der Waals surface area (Å²) in [6.07, 6.45) is 0. The van der Waals surface area contributed by atoms with E-state index in [1.54, 1.807) is 0 Å². The van der Waals surface area contributed by atoms with Gasteiger partial charge in [-0.15, -0.1) is 0 Å². The van der Waals surface area contributed by atoms with Crippen molar-refractivity contribution < 1.29 is 14.0 Å². The SMILES string of the molecule is C[C@@H](N)COB1OCCO1. The molecule has 0 aromatic carbocycles. The van der Waals surface area contributed by atoms with Gasteiger partial charge in [0, 0.05) is 12.6 Å². The van der Waals surface area contributed by atoms with Crippen molar-refractivity contribution in [2.75, 3.05) is 19.8 Å². The predicted molar refractivity (Wildman–Crippen MR) is 37.3 cm³/mol. The van der Waals surface area contributed by atoms with Gasteiger partial charge in [-0.25, -0.2) is 0 Å². The molecule has 1 saturated heterocycles. The summed E-state index contributed by atoms with van der Waals surface area (Å²) in [7, 11) is -0.481. The van der Waals surface area contributed by atoms with Gasteiger partial charge in [-0.1, -0.05) is 0 Å². The van der Waals surface area contributed by atoms with Gasteiger partial charge in [0.05, 0.1) is 13.2 Å².